The van der Waals surface area contributed by atoms with Crippen LogP contribution in [0.4, 0.5) is 0 Å². The van der Waals surface area contributed by atoms with Crippen molar-refractivity contribution < 1.29 is 4.79 Å². The van der Waals surface area contributed by atoms with E-state index < -0.39 is 0 Å². The number of hydrogen-bond donors (Lipinski definition) is 1. The zero-order valence-electron chi connectivity index (χ0n) is 12.2. The van der Waals surface area contributed by atoms with Gasteiger partial charge in [0.2, 0.25) is 0 Å². The first-order chi connectivity index (χ1) is 10.1. The molecule has 0 saturated carbocycles. The van der Waals surface area contributed by atoms with E-state index >= 15 is 0 Å². The van der Waals surface area contributed by atoms with Gasteiger partial charge in [0.1, 0.15) is 5.52 Å². The van der Waals surface area contributed by atoms with Gasteiger partial charge < -0.3 is 9.88 Å². The molecule has 0 spiro atoms. The summed E-state index contributed by atoms with van der Waals surface area (Å²) in [5, 5.41) is 7.07. The SMILES string of the molecule is Cc1c(CNC(=O)c2cncc3ncn(C)c23)cnn1C. The maximum Gasteiger partial charge on any atom is 0.255 e. The molecule has 0 aliphatic rings. The van der Waals surface area contributed by atoms with Gasteiger partial charge in [0.05, 0.1) is 29.8 Å². The highest BCUT2D eigenvalue weighted by molar-refractivity contribution is 6.04. The number of nitrogens with one attached hydrogen (secondary N) is 1. The molecular weight excluding hydrogens is 268 g/mol. The molecule has 0 radical (unpaired) electrons. The molecule has 3 heterocycles. The summed E-state index contributed by atoms with van der Waals surface area (Å²) in [6.45, 7) is 2.41. The molecule has 21 heavy (non-hydrogen) atoms. The van der Waals surface area contributed by atoms with Crippen LogP contribution < -0.4 is 5.32 Å². The molecule has 7 nitrogen and oxygen atoms in total. The number of hydrogen-bond acceptors (Lipinski definition) is 4. The standard InChI is InChI=1S/C14H16N6O/c1-9-10(5-18-20(9)3)4-16-14(21)11-6-15-7-12-13(11)19(2)8-17-12/h5-8H,4H2,1-3H3,(H,16,21). The van der Waals surface area contributed by atoms with Crippen LogP contribution in [-0.4, -0.2) is 30.2 Å². The third-order valence-corrected chi connectivity index (χ3v) is 3.64. The minimum atomic E-state index is -0.167. The maximum absolute atomic E-state index is 12.4. The molecule has 3 aromatic rings. The Hall–Kier alpha value is -2.70. The summed E-state index contributed by atoms with van der Waals surface area (Å²) in [5.74, 6) is -0.167. The van der Waals surface area contributed by atoms with Crippen molar-refractivity contribution in [2.24, 2.45) is 14.1 Å². The molecular formula is C14H16N6O. The monoisotopic (exact) mass is 284 g/mol. The van der Waals surface area contributed by atoms with Gasteiger partial charge in [-0.3, -0.25) is 14.5 Å². The van der Waals surface area contributed by atoms with Gasteiger partial charge in [-0.25, -0.2) is 4.98 Å². The lowest BCUT2D eigenvalue weighted by Crippen LogP contribution is -2.23. The Morgan fingerprint density at radius 1 is 1.29 bits per heavy atom. The molecule has 0 bridgehead atoms. The first-order valence-corrected chi connectivity index (χ1v) is 6.58. The van der Waals surface area contributed by atoms with Crippen LogP contribution in [-0.2, 0) is 20.6 Å². The minimum Gasteiger partial charge on any atom is -0.348 e. The lowest BCUT2D eigenvalue weighted by atomic mass is 10.2. The van der Waals surface area contributed by atoms with Crippen molar-refractivity contribution in [3.63, 3.8) is 0 Å². The van der Waals surface area contributed by atoms with Crippen LogP contribution in [0, 0.1) is 6.92 Å². The number of nitrogens with zero attached hydrogens (tertiary/aromatic N) is 5. The Labute approximate surface area is 121 Å². The summed E-state index contributed by atoms with van der Waals surface area (Å²) in [6.07, 6.45) is 6.65. The van der Waals surface area contributed by atoms with E-state index in [0.717, 1.165) is 16.8 Å². The van der Waals surface area contributed by atoms with Gasteiger partial charge in [0, 0.05) is 38.1 Å². The van der Waals surface area contributed by atoms with Crippen molar-refractivity contribution in [2.75, 3.05) is 0 Å². The highest BCUT2D eigenvalue weighted by Gasteiger charge is 2.14. The molecule has 0 aliphatic carbocycles. The fourth-order valence-electron chi connectivity index (χ4n) is 2.27. The Kier molecular flexibility index (Phi) is 3.17. The molecule has 0 aliphatic heterocycles. The minimum absolute atomic E-state index is 0.167. The van der Waals surface area contributed by atoms with Crippen molar-refractivity contribution in [1.29, 1.82) is 0 Å². The summed E-state index contributed by atoms with van der Waals surface area (Å²) >= 11 is 0. The molecule has 3 aromatic heterocycles. The number of aromatic nitrogens is 5. The maximum atomic E-state index is 12.4. The second-order valence-electron chi connectivity index (χ2n) is 4.97. The van der Waals surface area contributed by atoms with E-state index in [-0.39, 0.29) is 5.91 Å². The summed E-state index contributed by atoms with van der Waals surface area (Å²) in [7, 11) is 3.73. The first kappa shape index (κ1) is 13.3. The zero-order valence-corrected chi connectivity index (χ0v) is 12.2. The molecule has 0 aromatic carbocycles. The van der Waals surface area contributed by atoms with Crippen LogP contribution in [0.2, 0.25) is 0 Å². The molecule has 0 atom stereocenters. The van der Waals surface area contributed by atoms with Crippen LogP contribution in [0.15, 0.2) is 24.9 Å². The highest BCUT2D eigenvalue weighted by atomic mass is 16.1. The van der Waals surface area contributed by atoms with E-state index in [2.05, 4.69) is 20.4 Å². The molecule has 0 saturated heterocycles. The number of imidazole rings is 1. The number of aryl methyl sites for hydroxylation is 2. The van der Waals surface area contributed by atoms with Crippen molar-refractivity contribution in [2.45, 2.75) is 13.5 Å². The molecule has 1 N–H and O–H groups in total. The average Bonchev–Trinajstić information content (AvgIpc) is 3.01. The highest BCUT2D eigenvalue weighted by Crippen LogP contribution is 2.15. The van der Waals surface area contributed by atoms with Crippen molar-refractivity contribution in [3.8, 4) is 0 Å². The average molecular weight is 284 g/mol. The Morgan fingerprint density at radius 3 is 2.81 bits per heavy atom. The van der Waals surface area contributed by atoms with E-state index in [9.17, 15) is 4.79 Å². The van der Waals surface area contributed by atoms with E-state index in [1.807, 2.05) is 25.6 Å². The Morgan fingerprint density at radius 2 is 2.10 bits per heavy atom. The summed E-state index contributed by atoms with van der Waals surface area (Å²) < 4.78 is 3.60. The third kappa shape index (κ3) is 2.26. The van der Waals surface area contributed by atoms with Crippen LogP contribution in [0.1, 0.15) is 21.6 Å². The predicted molar refractivity (Wildman–Crippen MR) is 77.6 cm³/mol. The number of rotatable bonds is 3. The van der Waals surface area contributed by atoms with Gasteiger partial charge in [-0.1, -0.05) is 0 Å². The normalized spacial score (nSPS) is 11.0. The van der Waals surface area contributed by atoms with E-state index in [1.54, 1.807) is 29.6 Å². The second kappa shape index (κ2) is 5.01. The molecule has 7 heteroatoms. The third-order valence-electron chi connectivity index (χ3n) is 3.64. The van der Waals surface area contributed by atoms with Crippen molar-refractivity contribution in [3.05, 3.63) is 41.7 Å². The number of carbonyl (C=O) groups excluding carboxylic acids is 1. The number of carbonyl (C=O) groups is 1. The number of fused-ring (bicyclic) bond motifs is 1. The van der Waals surface area contributed by atoms with Crippen LogP contribution in [0.3, 0.4) is 0 Å². The topological polar surface area (TPSA) is 77.6 Å². The largest absolute Gasteiger partial charge is 0.348 e. The van der Waals surface area contributed by atoms with Gasteiger partial charge in [0.25, 0.3) is 5.91 Å². The lowest BCUT2D eigenvalue weighted by Gasteiger charge is -2.07. The summed E-state index contributed by atoms with van der Waals surface area (Å²) in [5.41, 5.74) is 4.05. The van der Waals surface area contributed by atoms with Gasteiger partial charge in [0.15, 0.2) is 0 Å². The van der Waals surface area contributed by atoms with E-state index in [4.69, 9.17) is 0 Å². The smallest absolute Gasteiger partial charge is 0.255 e. The van der Waals surface area contributed by atoms with Gasteiger partial charge >= 0.3 is 0 Å². The molecule has 0 unspecified atom stereocenters. The summed E-state index contributed by atoms with van der Waals surface area (Å²) in [4.78, 5) is 20.7. The molecule has 0 fully saturated rings. The zero-order chi connectivity index (χ0) is 15.0. The first-order valence-electron chi connectivity index (χ1n) is 6.58. The van der Waals surface area contributed by atoms with Crippen molar-refractivity contribution in [1.82, 2.24) is 29.6 Å². The molecule has 108 valence electrons. The fraction of sp³-hybridized carbons (Fsp3) is 0.286. The van der Waals surface area contributed by atoms with Crippen molar-refractivity contribution >= 4 is 16.9 Å². The van der Waals surface area contributed by atoms with Crippen LogP contribution in [0.5, 0.6) is 0 Å². The quantitative estimate of drug-likeness (QED) is 0.776. The Bertz CT molecular complexity index is 816. The van der Waals surface area contributed by atoms with Crippen LogP contribution in [0.25, 0.3) is 11.0 Å². The van der Waals surface area contributed by atoms with E-state index in [1.165, 1.54) is 0 Å². The van der Waals surface area contributed by atoms with Gasteiger partial charge in [-0.15, -0.1) is 0 Å². The van der Waals surface area contributed by atoms with E-state index in [0.29, 0.717) is 17.6 Å². The molecule has 1 amide bonds. The number of pyridine rings is 1. The van der Waals surface area contributed by atoms with Gasteiger partial charge in [-0.05, 0) is 6.92 Å². The fourth-order valence-corrected chi connectivity index (χ4v) is 2.27. The number of amides is 1. The Balaban J connectivity index is 1.84. The predicted octanol–water partition coefficient (Wildman–Crippen LogP) is 0.940. The molecule has 3 rings (SSSR count). The summed E-state index contributed by atoms with van der Waals surface area (Å²) in [6, 6.07) is 0. The lowest BCUT2D eigenvalue weighted by molar-refractivity contribution is 0.0952. The van der Waals surface area contributed by atoms with Gasteiger partial charge in [-0.2, -0.15) is 5.10 Å². The van der Waals surface area contributed by atoms with Crippen LogP contribution >= 0.6 is 0 Å². The second-order valence-corrected chi connectivity index (χ2v) is 4.97.